The van der Waals surface area contributed by atoms with Gasteiger partial charge in [-0.15, -0.1) is 0 Å². The minimum atomic E-state index is -3.38. The maximum Gasteiger partial charge on any atom is 0.290 e. The summed E-state index contributed by atoms with van der Waals surface area (Å²) >= 11 is 0. The monoisotopic (exact) mass is 176 g/mol. The summed E-state index contributed by atoms with van der Waals surface area (Å²) in [4.78, 5) is 0. The van der Waals surface area contributed by atoms with Crippen LogP contribution in [0.15, 0.2) is 11.5 Å². The van der Waals surface area contributed by atoms with Crippen LogP contribution in [0.3, 0.4) is 0 Å². The van der Waals surface area contributed by atoms with Gasteiger partial charge in [-0.25, -0.2) is 0 Å². The Morgan fingerprint density at radius 2 is 2.09 bits per heavy atom. The van der Waals surface area contributed by atoms with E-state index in [-0.39, 0.29) is 12.0 Å². The highest BCUT2D eigenvalue weighted by Gasteiger charge is 2.18. The lowest BCUT2D eigenvalue weighted by molar-refractivity contribution is 0.213. The third-order valence-electron chi connectivity index (χ3n) is 1.58. The second kappa shape index (κ2) is 2.95. The molecule has 3 nitrogen and oxygen atoms in total. The Hall–Kier alpha value is -0.350. The van der Waals surface area contributed by atoms with Gasteiger partial charge in [0.15, 0.2) is 0 Å². The van der Waals surface area contributed by atoms with Crippen LogP contribution >= 0.6 is 0 Å². The molecule has 0 radical (unpaired) electrons. The molecule has 0 aromatic carbocycles. The van der Waals surface area contributed by atoms with Crippen LogP contribution in [-0.2, 0) is 14.3 Å². The van der Waals surface area contributed by atoms with Crippen molar-refractivity contribution in [2.24, 2.45) is 5.92 Å². The van der Waals surface area contributed by atoms with Gasteiger partial charge >= 0.3 is 0 Å². The van der Waals surface area contributed by atoms with Crippen molar-refractivity contribution in [1.82, 2.24) is 0 Å². The number of rotatable bonds is 0. The van der Waals surface area contributed by atoms with E-state index in [4.69, 9.17) is 4.18 Å². The molecule has 4 heteroatoms. The van der Waals surface area contributed by atoms with Crippen molar-refractivity contribution >= 4 is 10.1 Å². The van der Waals surface area contributed by atoms with Gasteiger partial charge in [-0.1, -0.05) is 13.0 Å². The lowest BCUT2D eigenvalue weighted by Gasteiger charge is -2.09. The molecule has 1 aliphatic rings. The molecular weight excluding hydrogens is 164 g/mol. The quantitative estimate of drug-likeness (QED) is 0.522. The van der Waals surface area contributed by atoms with Crippen LogP contribution in [0, 0.1) is 5.92 Å². The van der Waals surface area contributed by atoms with Crippen LogP contribution in [0.4, 0.5) is 0 Å². The minimum Gasteiger partial charge on any atom is -0.264 e. The van der Waals surface area contributed by atoms with E-state index in [0.29, 0.717) is 0 Å². The Balaban J connectivity index is 2.85. The Kier molecular flexibility index (Phi) is 2.34. The first-order valence-corrected chi connectivity index (χ1v) is 5.08. The maximum absolute atomic E-state index is 10.9. The van der Waals surface area contributed by atoms with Gasteiger partial charge in [0.25, 0.3) is 10.1 Å². The molecule has 0 saturated heterocycles. The van der Waals surface area contributed by atoms with Crippen molar-refractivity contribution in [3.63, 3.8) is 0 Å². The van der Waals surface area contributed by atoms with Crippen molar-refractivity contribution in [2.45, 2.75) is 26.4 Å². The highest BCUT2D eigenvalue weighted by molar-refractivity contribution is 7.89. The number of hydrogen-bond acceptors (Lipinski definition) is 3. The summed E-state index contributed by atoms with van der Waals surface area (Å²) in [6.45, 7) is 3.73. The van der Waals surface area contributed by atoms with E-state index in [2.05, 4.69) is 0 Å². The summed E-state index contributed by atoms with van der Waals surface area (Å²) in [5.41, 5.74) is 0. The molecule has 0 saturated carbocycles. The zero-order chi connectivity index (χ0) is 8.48. The van der Waals surface area contributed by atoms with Gasteiger partial charge < -0.3 is 0 Å². The van der Waals surface area contributed by atoms with Gasteiger partial charge in [0.2, 0.25) is 0 Å². The average molecular weight is 176 g/mol. The standard InChI is InChI=1S/C7H12O3S/c1-6-3-4-11(8,9)10-7(2)5-6/h3-4,6-7H,5H2,1-2H3. The maximum atomic E-state index is 10.9. The summed E-state index contributed by atoms with van der Waals surface area (Å²) < 4.78 is 26.6. The van der Waals surface area contributed by atoms with Crippen LogP contribution in [0.2, 0.25) is 0 Å². The Labute approximate surface area is 67.2 Å². The fourth-order valence-electron chi connectivity index (χ4n) is 1.13. The van der Waals surface area contributed by atoms with Crippen LogP contribution in [0.25, 0.3) is 0 Å². The highest BCUT2D eigenvalue weighted by Crippen LogP contribution is 2.17. The average Bonchev–Trinajstić information content (AvgIpc) is 1.90. The molecule has 0 aromatic rings. The minimum absolute atomic E-state index is 0.204. The number of allylic oxidation sites excluding steroid dienone is 1. The lowest BCUT2D eigenvalue weighted by atomic mass is 10.1. The largest absolute Gasteiger partial charge is 0.290 e. The predicted octanol–water partition coefficient (Wildman–Crippen LogP) is 1.27. The molecule has 0 fully saturated rings. The summed E-state index contributed by atoms with van der Waals surface area (Å²) in [6, 6.07) is 0. The molecule has 0 spiro atoms. The first kappa shape index (κ1) is 8.74. The van der Waals surface area contributed by atoms with Gasteiger partial charge in [0, 0.05) is 0 Å². The van der Waals surface area contributed by atoms with E-state index in [0.717, 1.165) is 11.8 Å². The molecule has 2 unspecified atom stereocenters. The predicted molar refractivity (Wildman–Crippen MR) is 42.4 cm³/mol. The highest BCUT2D eigenvalue weighted by atomic mass is 32.2. The molecule has 1 rings (SSSR count). The van der Waals surface area contributed by atoms with Gasteiger partial charge in [-0.3, -0.25) is 4.18 Å². The molecular formula is C7H12O3S. The zero-order valence-electron chi connectivity index (χ0n) is 6.65. The van der Waals surface area contributed by atoms with E-state index in [1.165, 1.54) is 0 Å². The molecule has 1 heterocycles. The summed E-state index contributed by atoms with van der Waals surface area (Å²) in [7, 11) is -3.38. The number of hydrogen-bond donors (Lipinski definition) is 0. The van der Waals surface area contributed by atoms with Crippen molar-refractivity contribution < 1.29 is 12.6 Å². The summed E-state index contributed by atoms with van der Waals surface area (Å²) in [5, 5.41) is 1.14. The molecule has 0 amide bonds. The first-order chi connectivity index (χ1) is 4.99. The van der Waals surface area contributed by atoms with Crippen molar-refractivity contribution in [1.29, 1.82) is 0 Å². The van der Waals surface area contributed by atoms with Crippen LogP contribution in [-0.4, -0.2) is 14.5 Å². The molecule has 11 heavy (non-hydrogen) atoms. The first-order valence-electron chi connectivity index (χ1n) is 3.61. The molecule has 1 aliphatic heterocycles. The smallest absolute Gasteiger partial charge is 0.264 e. The van der Waals surface area contributed by atoms with Crippen LogP contribution < -0.4 is 0 Å². The van der Waals surface area contributed by atoms with E-state index in [1.807, 2.05) is 6.92 Å². The van der Waals surface area contributed by atoms with E-state index < -0.39 is 10.1 Å². The topological polar surface area (TPSA) is 43.4 Å². The molecule has 2 atom stereocenters. The van der Waals surface area contributed by atoms with Gasteiger partial charge in [-0.05, 0) is 19.3 Å². The van der Waals surface area contributed by atoms with E-state index in [9.17, 15) is 8.42 Å². The van der Waals surface area contributed by atoms with Gasteiger partial charge in [0.1, 0.15) is 0 Å². The molecule has 64 valence electrons. The summed E-state index contributed by atoms with van der Waals surface area (Å²) in [5.74, 6) is 0.280. The lowest BCUT2D eigenvalue weighted by Crippen LogP contribution is -2.12. The van der Waals surface area contributed by atoms with Gasteiger partial charge in [0.05, 0.1) is 11.5 Å². The molecule has 0 bridgehead atoms. The second-order valence-electron chi connectivity index (χ2n) is 2.94. The van der Waals surface area contributed by atoms with Crippen molar-refractivity contribution in [3.8, 4) is 0 Å². The third-order valence-corrected chi connectivity index (χ3v) is 2.66. The second-order valence-corrected chi connectivity index (χ2v) is 4.39. The van der Waals surface area contributed by atoms with Crippen molar-refractivity contribution in [3.05, 3.63) is 11.5 Å². The summed E-state index contributed by atoms with van der Waals surface area (Å²) in [6.07, 6.45) is 2.22. The Morgan fingerprint density at radius 3 is 2.73 bits per heavy atom. The van der Waals surface area contributed by atoms with E-state index in [1.54, 1.807) is 13.0 Å². The normalized spacial score (nSPS) is 36.5. The molecule has 0 N–H and O–H groups in total. The van der Waals surface area contributed by atoms with Crippen molar-refractivity contribution in [2.75, 3.05) is 0 Å². The SMILES string of the molecule is CC1C=CS(=O)(=O)OC(C)C1. The zero-order valence-corrected chi connectivity index (χ0v) is 7.47. The van der Waals surface area contributed by atoms with Crippen LogP contribution in [0.1, 0.15) is 20.3 Å². The molecule has 0 aromatic heterocycles. The fraction of sp³-hybridized carbons (Fsp3) is 0.714. The van der Waals surface area contributed by atoms with Gasteiger partial charge in [-0.2, -0.15) is 8.42 Å². The Bertz CT molecular complexity index is 253. The van der Waals surface area contributed by atoms with Crippen LogP contribution in [0.5, 0.6) is 0 Å². The third kappa shape index (κ3) is 2.63. The fourth-order valence-corrected chi connectivity index (χ4v) is 2.19. The van der Waals surface area contributed by atoms with E-state index >= 15 is 0 Å². The molecule has 0 aliphatic carbocycles. The Morgan fingerprint density at radius 1 is 1.45 bits per heavy atom.